The summed E-state index contributed by atoms with van der Waals surface area (Å²) in [4.78, 5) is 24.4. The Kier molecular flexibility index (Phi) is 6.01. The minimum absolute atomic E-state index is 0.0267. The van der Waals surface area contributed by atoms with Gasteiger partial charge in [0, 0.05) is 12.3 Å². The first-order valence-corrected chi connectivity index (χ1v) is 11.1. The number of carbonyl (C=O) groups is 2. The molecule has 0 spiro atoms. The lowest BCUT2D eigenvalue weighted by atomic mass is 9.86. The van der Waals surface area contributed by atoms with Gasteiger partial charge in [-0.1, -0.05) is 34.6 Å². The molecule has 0 saturated heterocycles. The van der Waals surface area contributed by atoms with E-state index in [4.69, 9.17) is 9.16 Å². The molecule has 5 heteroatoms. The van der Waals surface area contributed by atoms with Crippen LogP contribution in [0, 0.1) is 17.8 Å². The maximum atomic E-state index is 12.3. The molecule has 0 heterocycles. The van der Waals surface area contributed by atoms with Crippen LogP contribution in [-0.2, 0) is 18.8 Å². The molecule has 1 fully saturated rings. The second kappa shape index (κ2) is 6.83. The van der Waals surface area contributed by atoms with E-state index in [1.54, 1.807) is 0 Å². The third-order valence-electron chi connectivity index (χ3n) is 5.11. The smallest absolute Gasteiger partial charge is 0.316 e. The molecule has 1 aliphatic carbocycles. The highest BCUT2D eigenvalue weighted by Gasteiger charge is 2.50. The number of methoxy groups -OCH3 is 1. The van der Waals surface area contributed by atoms with Crippen LogP contribution >= 0.6 is 0 Å². The van der Waals surface area contributed by atoms with Crippen molar-refractivity contribution in [2.45, 2.75) is 71.7 Å². The largest absolute Gasteiger partial charge is 0.468 e. The van der Waals surface area contributed by atoms with Crippen molar-refractivity contribution in [2.75, 3.05) is 7.11 Å². The molecule has 0 bridgehead atoms. The summed E-state index contributed by atoms with van der Waals surface area (Å²) in [6.45, 7) is 15.2. The van der Waals surface area contributed by atoms with E-state index in [0.29, 0.717) is 12.3 Å². The summed E-state index contributed by atoms with van der Waals surface area (Å²) in [5.74, 6) is -0.733. The fraction of sp³-hybridized carbons (Fsp3) is 0.882. The Labute approximate surface area is 136 Å². The SMILES string of the molecule is COC(=O)[C@H]1C(=O)C[C@H](O[Si](C)(C)C(C)(C)C)[C@@H]1CC(C)C. The maximum absolute atomic E-state index is 12.3. The van der Waals surface area contributed by atoms with Gasteiger partial charge in [-0.05, 0) is 30.5 Å². The van der Waals surface area contributed by atoms with E-state index >= 15 is 0 Å². The molecule has 0 aromatic rings. The van der Waals surface area contributed by atoms with Crippen LogP contribution < -0.4 is 0 Å². The average Bonchev–Trinajstić information content (AvgIpc) is 2.62. The summed E-state index contributed by atoms with van der Waals surface area (Å²) in [6, 6.07) is 0. The number of ketones is 1. The summed E-state index contributed by atoms with van der Waals surface area (Å²) in [5.41, 5.74) is 0. The van der Waals surface area contributed by atoms with Crippen LogP contribution in [0.3, 0.4) is 0 Å². The van der Waals surface area contributed by atoms with E-state index in [0.717, 1.165) is 6.42 Å². The second-order valence-corrected chi connectivity index (χ2v) is 13.1. The molecule has 1 rings (SSSR count). The fourth-order valence-electron chi connectivity index (χ4n) is 2.88. The number of hydrogen-bond donors (Lipinski definition) is 0. The summed E-state index contributed by atoms with van der Waals surface area (Å²) >= 11 is 0. The number of rotatable bonds is 5. The van der Waals surface area contributed by atoms with Gasteiger partial charge in [0.05, 0.1) is 13.2 Å². The molecule has 0 amide bonds. The minimum atomic E-state index is -1.97. The number of Topliss-reactive ketones (excluding diaryl/α,β-unsaturated/α-hetero) is 1. The predicted octanol–water partition coefficient (Wildman–Crippen LogP) is 3.80. The Balaban J connectivity index is 3.03. The van der Waals surface area contributed by atoms with Crippen LogP contribution in [0.5, 0.6) is 0 Å². The van der Waals surface area contributed by atoms with Crippen LogP contribution in [0.2, 0.25) is 18.1 Å². The Bertz CT molecular complexity index is 423. The van der Waals surface area contributed by atoms with Crippen molar-refractivity contribution < 1.29 is 18.8 Å². The first kappa shape index (κ1) is 19.4. The Morgan fingerprint density at radius 1 is 1.32 bits per heavy atom. The summed E-state index contributed by atoms with van der Waals surface area (Å²) in [6.07, 6.45) is 0.994. The average molecular weight is 329 g/mol. The van der Waals surface area contributed by atoms with Crippen molar-refractivity contribution in [1.29, 1.82) is 0 Å². The van der Waals surface area contributed by atoms with Crippen LogP contribution in [0.4, 0.5) is 0 Å². The Hall–Kier alpha value is -0.683. The highest BCUT2D eigenvalue weighted by Crippen LogP contribution is 2.43. The lowest BCUT2D eigenvalue weighted by Gasteiger charge is -2.40. The molecule has 0 aromatic carbocycles. The van der Waals surface area contributed by atoms with Crippen molar-refractivity contribution in [1.82, 2.24) is 0 Å². The van der Waals surface area contributed by atoms with Gasteiger partial charge in [-0.3, -0.25) is 9.59 Å². The van der Waals surface area contributed by atoms with E-state index < -0.39 is 20.2 Å². The third-order valence-corrected chi connectivity index (χ3v) is 9.61. The summed E-state index contributed by atoms with van der Waals surface area (Å²) in [7, 11) is -0.620. The first-order valence-electron chi connectivity index (χ1n) is 8.19. The maximum Gasteiger partial charge on any atom is 0.316 e. The Morgan fingerprint density at radius 2 is 1.86 bits per heavy atom. The second-order valence-electron chi connectivity index (χ2n) is 8.38. The van der Waals surface area contributed by atoms with Gasteiger partial charge >= 0.3 is 5.97 Å². The van der Waals surface area contributed by atoms with E-state index in [1.807, 2.05) is 0 Å². The number of esters is 1. The molecule has 3 atom stereocenters. The van der Waals surface area contributed by atoms with Gasteiger partial charge in [-0.2, -0.15) is 0 Å². The highest BCUT2D eigenvalue weighted by atomic mass is 28.4. The summed E-state index contributed by atoms with van der Waals surface area (Å²) < 4.78 is 11.3. The van der Waals surface area contributed by atoms with Crippen molar-refractivity contribution >= 4 is 20.1 Å². The molecule has 1 saturated carbocycles. The molecule has 0 N–H and O–H groups in total. The molecule has 0 unspecified atom stereocenters. The molecule has 22 heavy (non-hydrogen) atoms. The lowest BCUT2D eigenvalue weighted by Crippen LogP contribution is -2.45. The van der Waals surface area contributed by atoms with Gasteiger partial charge in [0.2, 0.25) is 0 Å². The van der Waals surface area contributed by atoms with E-state index in [1.165, 1.54) is 7.11 Å². The van der Waals surface area contributed by atoms with Crippen LogP contribution in [0.15, 0.2) is 0 Å². The minimum Gasteiger partial charge on any atom is -0.468 e. The van der Waals surface area contributed by atoms with Crippen molar-refractivity contribution in [3.05, 3.63) is 0 Å². The monoisotopic (exact) mass is 328 g/mol. The topological polar surface area (TPSA) is 52.6 Å². The zero-order valence-electron chi connectivity index (χ0n) is 15.4. The quantitative estimate of drug-likeness (QED) is 0.437. The normalized spacial score (nSPS) is 26.6. The third kappa shape index (κ3) is 4.19. The predicted molar refractivity (Wildman–Crippen MR) is 90.1 cm³/mol. The van der Waals surface area contributed by atoms with Gasteiger partial charge in [-0.25, -0.2) is 0 Å². The summed E-state index contributed by atoms with van der Waals surface area (Å²) in [5, 5.41) is 0.0851. The van der Waals surface area contributed by atoms with Gasteiger partial charge in [0.15, 0.2) is 8.32 Å². The van der Waals surface area contributed by atoms with Gasteiger partial charge in [0.25, 0.3) is 0 Å². The van der Waals surface area contributed by atoms with E-state index in [2.05, 4.69) is 47.7 Å². The van der Waals surface area contributed by atoms with Crippen LogP contribution in [-0.4, -0.2) is 33.3 Å². The number of carbonyl (C=O) groups excluding carboxylic acids is 2. The number of hydrogen-bond acceptors (Lipinski definition) is 4. The first-order chi connectivity index (χ1) is 9.90. The Morgan fingerprint density at radius 3 is 2.27 bits per heavy atom. The molecular weight excluding hydrogens is 296 g/mol. The standard InChI is InChI=1S/C17H32O4Si/c1-11(2)9-12-14(21-22(7,8)17(3,4)5)10-13(18)15(12)16(19)20-6/h11-12,14-15H,9-10H2,1-8H3/t12-,14-,15+/m0/s1. The zero-order valence-corrected chi connectivity index (χ0v) is 16.4. The molecule has 0 aromatic heterocycles. The van der Waals surface area contributed by atoms with Crippen molar-refractivity contribution in [3.8, 4) is 0 Å². The molecule has 1 aliphatic rings. The zero-order chi connectivity index (χ0) is 17.3. The van der Waals surface area contributed by atoms with Crippen LogP contribution in [0.25, 0.3) is 0 Å². The van der Waals surface area contributed by atoms with Crippen molar-refractivity contribution in [3.63, 3.8) is 0 Å². The molecule has 128 valence electrons. The van der Waals surface area contributed by atoms with Gasteiger partial charge in [0.1, 0.15) is 11.7 Å². The van der Waals surface area contributed by atoms with E-state index in [9.17, 15) is 9.59 Å². The molecule has 0 radical (unpaired) electrons. The lowest BCUT2D eigenvalue weighted by molar-refractivity contribution is -0.150. The van der Waals surface area contributed by atoms with Gasteiger partial charge in [-0.15, -0.1) is 0 Å². The van der Waals surface area contributed by atoms with Crippen LogP contribution in [0.1, 0.15) is 47.5 Å². The fourth-order valence-corrected chi connectivity index (χ4v) is 4.25. The molecular formula is C17H32O4Si. The van der Waals surface area contributed by atoms with Gasteiger partial charge < -0.3 is 9.16 Å². The molecule has 0 aliphatic heterocycles. The highest BCUT2D eigenvalue weighted by molar-refractivity contribution is 6.74. The van der Waals surface area contributed by atoms with Crippen molar-refractivity contribution in [2.24, 2.45) is 17.8 Å². The number of ether oxygens (including phenoxy) is 1. The van der Waals surface area contributed by atoms with E-state index in [-0.39, 0.29) is 22.8 Å². The molecule has 4 nitrogen and oxygen atoms in total.